The first kappa shape index (κ1) is 22.1. The summed E-state index contributed by atoms with van der Waals surface area (Å²) in [6.07, 6.45) is 1.71. The zero-order valence-corrected chi connectivity index (χ0v) is 19.1. The molecule has 1 fully saturated rings. The Balaban J connectivity index is 1.33. The lowest BCUT2D eigenvalue weighted by atomic mass is 9.76. The quantitative estimate of drug-likeness (QED) is 0.588. The van der Waals surface area contributed by atoms with Gasteiger partial charge in [-0.3, -0.25) is 9.59 Å². The first-order valence-electron chi connectivity index (χ1n) is 11.7. The van der Waals surface area contributed by atoms with Crippen LogP contribution in [0.25, 0.3) is 0 Å². The van der Waals surface area contributed by atoms with E-state index in [0.29, 0.717) is 36.0 Å². The molecule has 5 nitrogen and oxygen atoms in total. The van der Waals surface area contributed by atoms with Crippen LogP contribution >= 0.6 is 0 Å². The molecule has 34 heavy (non-hydrogen) atoms. The topological polar surface area (TPSA) is 58.6 Å². The van der Waals surface area contributed by atoms with Gasteiger partial charge in [0.2, 0.25) is 0 Å². The van der Waals surface area contributed by atoms with Crippen molar-refractivity contribution in [1.29, 1.82) is 0 Å². The molecule has 1 N–H and O–H groups in total. The number of anilines is 1. The lowest BCUT2D eigenvalue weighted by Gasteiger charge is -2.37. The molecule has 0 saturated carbocycles. The molecule has 1 atom stereocenters. The van der Waals surface area contributed by atoms with Gasteiger partial charge in [0.05, 0.1) is 5.69 Å². The molecule has 0 aromatic heterocycles. The van der Waals surface area contributed by atoms with Gasteiger partial charge in [-0.2, -0.15) is 0 Å². The lowest BCUT2D eigenvalue weighted by Crippen LogP contribution is -2.40. The molecule has 6 heteroatoms. The highest BCUT2D eigenvalue weighted by atomic mass is 19.1. The Morgan fingerprint density at radius 1 is 1.00 bits per heavy atom. The highest BCUT2D eigenvalue weighted by molar-refractivity contribution is 5.99. The summed E-state index contributed by atoms with van der Waals surface area (Å²) in [5, 5.41) is 2.76. The molecule has 0 aliphatic carbocycles. The van der Waals surface area contributed by atoms with Crippen LogP contribution in [-0.2, 0) is 4.79 Å². The summed E-state index contributed by atoms with van der Waals surface area (Å²) in [6, 6.07) is 20.5. The minimum atomic E-state index is -0.238. The number of nitrogens with zero attached hydrogens (tertiary/aromatic N) is 1. The van der Waals surface area contributed by atoms with Gasteiger partial charge in [-0.25, -0.2) is 4.39 Å². The van der Waals surface area contributed by atoms with Crippen LogP contribution in [0.15, 0.2) is 66.7 Å². The monoisotopic (exact) mass is 458 g/mol. The fourth-order valence-corrected chi connectivity index (χ4v) is 5.02. The Hall–Kier alpha value is -3.67. The predicted octanol–water partition coefficient (Wildman–Crippen LogP) is 5.15. The zero-order valence-electron chi connectivity index (χ0n) is 19.1. The van der Waals surface area contributed by atoms with Crippen LogP contribution in [0, 0.1) is 18.7 Å². The predicted molar refractivity (Wildman–Crippen MR) is 129 cm³/mol. The number of carbonyl (C=O) groups is 2. The highest BCUT2D eigenvalue weighted by Crippen LogP contribution is 2.38. The van der Waals surface area contributed by atoms with Gasteiger partial charge in [-0.05, 0) is 67.1 Å². The van der Waals surface area contributed by atoms with Crippen molar-refractivity contribution in [2.75, 3.05) is 25.0 Å². The van der Waals surface area contributed by atoms with E-state index in [9.17, 15) is 14.0 Å². The third kappa shape index (κ3) is 4.53. The molecule has 3 aromatic rings. The summed E-state index contributed by atoms with van der Waals surface area (Å²) in [7, 11) is 0. The van der Waals surface area contributed by atoms with Crippen molar-refractivity contribution in [2.45, 2.75) is 25.7 Å². The van der Waals surface area contributed by atoms with Gasteiger partial charge in [-0.1, -0.05) is 42.0 Å². The van der Waals surface area contributed by atoms with E-state index >= 15 is 0 Å². The van der Waals surface area contributed by atoms with E-state index in [1.165, 1.54) is 23.3 Å². The summed E-state index contributed by atoms with van der Waals surface area (Å²) in [5.41, 5.74) is 4.59. The molecule has 2 amide bonds. The summed E-state index contributed by atoms with van der Waals surface area (Å²) in [6.45, 7) is 3.35. The Kier molecular flexibility index (Phi) is 6.05. The van der Waals surface area contributed by atoms with Gasteiger partial charge < -0.3 is 15.0 Å². The summed E-state index contributed by atoms with van der Waals surface area (Å²) >= 11 is 0. The van der Waals surface area contributed by atoms with Gasteiger partial charge in [-0.15, -0.1) is 0 Å². The standard InChI is InChI=1S/C28H27FN2O3/c1-18-2-4-19(5-3-18)27(20-6-9-23(29)10-7-20)21-12-14-31(15-13-21)28(33)22-8-11-25-24(16-22)30-26(32)17-34-25/h2-11,16,21,27H,12-15,17H2,1H3,(H,30,32)/t27-/m0/s1. The second-order valence-corrected chi connectivity index (χ2v) is 9.12. The lowest BCUT2D eigenvalue weighted by molar-refractivity contribution is -0.118. The van der Waals surface area contributed by atoms with Crippen LogP contribution in [0.2, 0.25) is 0 Å². The number of likely N-dealkylation sites (tertiary alicyclic amines) is 1. The molecular formula is C28H27FN2O3. The summed E-state index contributed by atoms with van der Waals surface area (Å²) in [5.74, 6) is 0.562. The Morgan fingerprint density at radius 3 is 2.32 bits per heavy atom. The van der Waals surface area contributed by atoms with Gasteiger partial charge >= 0.3 is 0 Å². The zero-order chi connectivity index (χ0) is 23.7. The highest BCUT2D eigenvalue weighted by Gasteiger charge is 2.31. The average molecular weight is 459 g/mol. The maximum atomic E-state index is 13.6. The Labute approximate surface area is 198 Å². The number of nitrogens with one attached hydrogen (secondary N) is 1. The molecule has 0 unspecified atom stereocenters. The molecule has 2 heterocycles. The van der Waals surface area contributed by atoms with Crippen molar-refractivity contribution in [3.05, 3.63) is 94.8 Å². The van der Waals surface area contributed by atoms with E-state index in [1.807, 2.05) is 17.0 Å². The van der Waals surface area contributed by atoms with Crippen molar-refractivity contribution in [2.24, 2.45) is 5.92 Å². The maximum absolute atomic E-state index is 13.6. The van der Waals surface area contributed by atoms with Crippen LogP contribution in [0.4, 0.5) is 10.1 Å². The summed E-state index contributed by atoms with van der Waals surface area (Å²) in [4.78, 5) is 26.7. The minimum Gasteiger partial charge on any atom is -0.482 e. The number of rotatable bonds is 4. The Bertz CT molecular complexity index is 1150. The van der Waals surface area contributed by atoms with Crippen LogP contribution < -0.4 is 10.1 Å². The molecular weight excluding hydrogens is 431 g/mol. The third-order valence-corrected chi connectivity index (χ3v) is 6.82. The molecule has 1 saturated heterocycles. The Morgan fingerprint density at radius 2 is 1.65 bits per heavy atom. The number of fused-ring (bicyclic) bond motifs is 1. The van der Waals surface area contributed by atoms with E-state index in [-0.39, 0.29) is 30.2 Å². The van der Waals surface area contributed by atoms with E-state index in [0.717, 1.165) is 18.4 Å². The maximum Gasteiger partial charge on any atom is 0.262 e. The van der Waals surface area contributed by atoms with Crippen LogP contribution in [0.5, 0.6) is 5.75 Å². The first-order chi connectivity index (χ1) is 16.5. The third-order valence-electron chi connectivity index (χ3n) is 6.82. The van der Waals surface area contributed by atoms with Gasteiger partial charge in [0.25, 0.3) is 11.8 Å². The number of piperidine rings is 1. The van der Waals surface area contributed by atoms with Crippen LogP contribution in [0.3, 0.4) is 0 Å². The summed E-state index contributed by atoms with van der Waals surface area (Å²) < 4.78 is 19.0. The van der Waals surface area contributed by atoms with Crippen LogP contribution in [-0.4, -0.2) is 36.4 Å². The second kappa shape index (κ2) is 9.29. The van der Waals surface area contributed by atoms with Crippen molar-refractivity contribution >= 4 is 17.5 Å². The van der Waals surface area contributed by atoms with E-state index in [4.69, 9.17) is 4.74 Å². The molecule has 5 rings (SSSR count). The molecule has 0 spiro atoms. The largest absolute Gasteiger partial charge is 0.482 e. The molecule has 0 radical (unpaired) electrons. The number of carbonyl (C=O) groups excluding carboxylic acids is 2. The number of aryl methyl sites for hydroxylation is 1. The van der Waals surface area contributed by atoms with Gasteiger partial charge in [0.1, 0.15) is 11.6 Å². The van der Waals surface area contributed by atoms with E-state index < -0.39 is 0 Å². The first-order valence-corrected chi connectivity index (χ1v) is 11.7. The van der Waals surface area contributed by atoms with Crippen LogP contribution in [0.1, 0.15) is 45.8 Å². The number of hydrogen-bond donors (Lipinski definition) is 1. The number of halogens is 1. The van der Waals surface area contributed by atoms with Gasteiger partial charge in [0, 0.05) is 24.6 Å². The fourth-order valence-electron chi connectivity index (χ4n) is 5.02. The fraction of sp³-hybridized carbons (Fsp3) is 0.286. The van der Waals surface area contributed by atoms with Crippen molar-refractivity contribution in [1.82, 2.24) is 4.90 Å². The molecule has 174 valence electrons. The smallest absolute Gasteiger partial charge is 0.262 e. The number of ether oxygens (including phenoxy) is 1. The average Bonchev–Trinajstić information content (AvgIpc) is 2.86. The van der Waals surface area contributed by atoms with Crippen molar-refractivity contribution in [3.63, 3.8) is 0 Å². The normalized spacial score (nSPS) is 16.9. The van der Waals surface area contributed by atoms with Crippen molar-refractivity contribution < 1.29 is 18.7 Å². The molecule has 3 aromatic carbocycles. The van der Waals surface area contributed by atoms with Crippen molar-refractivity contribution in [3.8, 4) is 5.75 Å². The van der Waals surface area contributed by atoms with E-state index in [2.05, 4.69) is 36.5 Å². The number of benzene rings is 3. The molecule has 2 aliphatic rings. The van der Waals surface area contributed by atoms with E-state index in [1.54, 1.807) is 18.2 Å². The number of amides is 2. The second-order valence-electron chi connectivity index (χ2n) is 9.12. The molecule has 2 aliphatic heterocycles. The molecule has 0 bridgehead atoms. The SMILES string of the molecule is Cc1ccc([C@@H](c2ccc(F)cc2)C2CCN(C(=O)c3ccc4c(c3)NC(=O)CO4)CC2)cc1. The minimum absolute atomic E-state index is 0.00991. The number of hydrogen-bond acceptors (Lipinski definition) is 3. The van der Waals surface area contributed by atoms with Gasteiger partial charge in [0.15, 0.2) is 6.61 Å².